The van der Waals surface area contributed by atoms with Crippen molar-refractivity contribution in [1.82, 2.24) is 9.55 Å². The van der Waals surface area contributed by atoms with Crippen LogP contribution >= 0.6 is 0 Å². The zero-order chi connectivity index (χ0) is 10.3. The van der Waals surface area contributed by atoms with Gasteiger partial charge in [-0.25, -0.2) is 9.78 Å². The summed E-state index contributed by atoms with van der Waals surface area (Å²) in [6.45, 7) is 1.94. The van der Waals surface area contributed by atoms with E-state index in [9.17, 15) is 4.79 Å². The van der Waals surface area contributed by atoms with E-state index in [1.165, 1.54) is 0 Å². The van der Waals surface area contributed by atoms with E-state index in [2.05, 4.69) is 4.98 Å². The van der Waals surface area contributed by atoms with Gasteiger partial charge in [-0.2, -0.15) is 0 Å². The molecule has 2 rings (SSSR count). The second-order valence-electron chi connectivity index (χ2n) is 3.24. The summed E-state index contributed by atoms with van der Waals surface area (Å²) in [6.07, 6.45) is 0. The van der Waals surface area contributed by atoms with Crippen LogP contribution in [-0.4, -0.2) is 20.6 Å². The van der Waals surface area contributed by atoms with Gasteiger partial charge in [0.2, 0.25) is 5.82 Å². The number of benzene rings is 1. The summed E-state index contributed by atoms with van der Waals surface area (Å²) in [4.78, 5) is 14.9. The molecule has 0 saturated carbocycles. The zero-order valence-electron chi connectivity index (χ0n) is 7.98. The number of carboxylic acids is 1. The fourth-order valence-electron chi connectivity index (χ4n) is 1.66. The first-order valence-corrected chi connectivity index (χ1v) is 4.26. The number of carboxylic acid groups (broad SMARTS) is 1. The van der Waals surface area contributed by atoms with Crippen molar-refractivity contribution >= 4 is 17.0 Å². The Hall–Kier alpha value is -1.84. The van der Waals surface area contributed by atoms with Gasteiger partial charge in [0.05, 0.1) is 11.0 Å². The number of hydrogen-bond acceptors (Lipinski definition) is 2. The smallest absolute Gasteiger partial charge is 0.372 e. The number of hydrogen-bond donors (Lipinski definition) is 1. The Kier molecular flexibility index (Phi) is 1.77. The minimum absolute atomic E-state index is 0.0781. The molecule has 1 aromatic carbocycles. The predicted octanol–water partition coefficient (Wildman–Crippen LogP) is 1.58. The number of carbonyl (C=O) groups is 1. The molecule has 0 fully saturated rings. The van der Waals surface area contributed by atoms with Gasteiger partial charge in [-0.1, -0.05) is 12.1 Å². The molecule has 0 saturated heterocycles. The molecule has 0 radical (unpaired) electrons. The Bertz CT molecular complexity index is 514. The van der Waals surface area contributed by atoms with Crippen molar-refractivity contribution in [3.8, 4) is 0 Å². The van der Waals surface area contributed by atoms with Gasteiger partial charge in [-0.15, -0.1) is 0 Å². The Balaban J connectivity index is 2.87. The third-order valence-corrected chi connectivity index (χ3v) is 2.29. The molecule has 0 unspecified atom stereocenters. The van der Waals surface area contributed by atoms with Crippen molar-refractivity contribution in [2.24, 2.45) is 7.05 Å². The molecule has 1 aromatic heterocycles. The molecule has 1 heterocycles. The highest BCUT2D eigenvalue weighted by Gasteiger charge is 2.14. The van der Waals surface area contributed by atoms with Gasteiger partial charge in [-0.05, 0) is 18.6 Å². The lowest BCUT2D eigenvalue weighted by Gasteiger charge is -1.99. The minimum Gasteiger partial charge on any atom is -0.475 e. The van der Waals surface area contributed by atoms with Crippen LogP contribution in [0.5, 0.6) is 0 Å². The molecule has 72 valence electrons. The number of para-hydroxylation sites is 1. The monoisotopic (exact) mass is 190 g/mol. The fourth-order valence-corrected chi connectivity index (χ4v) is 1.66. The Morgan fingerprint density at radius 2 is 2.21 bits per heavy atom. The zero-order valence-corrected chi connectivity index (χ0v) is 7.98. The van der Waals surface area contributed by atoms with Crippen molar-refractivity contribution in [2.75, 3.05) is 0 Å². The first kappa shape index (κ1) is 8.74. The Morgan fingerprint density at radius 1 is 1.50 bits per heavy atom. The molecule has 14 heavy (non-hydrogen) atoms. The van der Waals surface area contributed by atoms with Crippen molar-refractivity contribution in [3.63, 3.8) is 0 Å². The van der Waals surface area contributed by atoms with Gasteiger partial charge < -0.3 is 9.67 Å². The maximum atomic E-state index is 10.8. The summed E-state index contributed by atoms with van der Waals surface area (Å²) in [7, 11) is 1.71. The Labute approximate surface area is 80.8 Å². The van der Waals surface area contributed by atoms with Crippen molar-refractivity contribution in [3.05, 3.63) is 29.6 Å². The fraction of sp³-hybridized carbons (Fsp3) is 0.200. The lowest BCUT2D eigenvalue weighted by atomic mass is 10.2. The quantitative estimate of drug-likeness (QED) is 0.742. The van der Waals surface area contributed by atoms with Crippen LogP contribution in [0.3, 0.4) is 0 Å². The molecule has 0 amide bonds. The summed E-state index contributed by atoms with van der Waals surface area (Å²) in [5, 5.41) is 8.87. The van der Waals surface area contributed by atoms with Crippen LogP contribution < -0.4 is 0 Å². The SMILES string of the molecule is Cc1cccc2nc(C(=O)O)n(C)c12. The molecule has 0 spiro atoms. The average Bonchev–Trinajstić information content (AvgIpc) is 2.45. The van der Waals surface area contributed by atoms with E-state index in [4.69, 9.17) is 5.11 Å². The Morgan fingerprint density at radius 3 is 2.79 bits per heavy atom. The average molecular weight is 190 g/mol. The summed E-state index contributed by atoms with van der Waals surface area (Å²) >= 11 is 0. The topological polar surface area (TPSA) is 55.1 Å². The van der Waals surface area contributed by atoms with Crippen LogP contribution in [-0.2, 0) is 7.05 Å². The predicted molar refractivity (Wildman–Crippen MR) is 52.4 cm³/mol. The second kappa shape index (κ2) is 2.83. The van der Waals surface area contributed by atoms with Gasteiger partial charge in [0.25, 0.3) is 0 Å². The van der Waals surface area contributed by atoms with E-state index in [1.54, 1.807) is 11.6 Å². The van der Waals surface area contributed by atoms with Crippen molar-refractivity contribution < 1.29 is 9.90 Å². The molecule has 0 aliphatic rings. The molecular formula is C10H10N2O2. The number of imidazole rings is 1. The normalized spacial score (nSPS) is 10.7. The molecule has 2 aromatic rings. The molecule has 0 atom stereocenters. The molecule has 0 aliphatic heterocycles. The third-order valence-electron chi connectivity index (χ3n) is 2.29. The van der Waals surface area contributed by atoms with Crippen LogP contribution in [0.4, 0.5) is 0 Å². The maximum absolute atomic E-state index is 10.8. The van der Waals surface area contributed by atoms with Crippen LogP contribution in [0.15, 0.2) is 18.2 Å². The van der Waals surface area contributed by atoms with E-state index in [-0.39, 0.29) is 5.82 Å². The first-order chi connectivity index (χ1) is 6.61. The summed E-state index contributed by atoms with van der Waals surface area (Å²) in [6, 6.07) is 5.63. The van der Waals surface area contributed by atoms with Gasteiger partial charge in [0.1, 0.15) is 0 Å². The number of aryl methyl sites for hydroxylation is 2. The van der Waals surface area contributed by atoms with Crippen molar-refractivity contribution in [2.45, 2.75) is 6.92 Å². The number of fused-ring (bicyclic) bond motifs is 1. The second-order valence-corrected chi connectivity index (χ2v) is 3.24. The minimum atomic E-state index is -0.997. The van der Waals surface area contributed by atoms with E-state index in [0.717, 1.165) is 16.6 Å². The number of aromatic nitrogens is 2. The van der Waals surface area contributed by atoms with Gasteiger partial charge in [-0.3, -0.25) is 0 Å². The summed E-state index contributed by atoms with van der Waals surface area (Å²) in [5.74, 6) is -0.919. The van der Waals surface area contributed by atoms with E-state index in [1.807, 2.05) is 25.1 Å². The van der Waals surface area contributed by atoms with E-state index in [0.29, 0.717) is 0 Å². The van der Waals surface area contributed by atoms with E-state index >= 15 is 0 Å². The highest BCUT2D eigenvalue weighted by Crippen LogP contribution is 2.18. The summed E-state index contributed by atoms with van der Waals surface area (Å²) in [5.41, 5.74) is 2.64. The molecule has 1 N–H and O–H groups in total. The standard InChI is InChI=1S/C10H10N2O2/c1-6-4-3-5-7-8(6)12(2)9(11-7)10(13)14/h3-5H,1-2H3,(H,13,14). The lowest BCUT2D eigenvalue weighted by molar-refractivity contribution is 0.0680. The highest BCUT2D eigenvalue weighted by molar-refractivity contribution is 5.90. The van der Waals surface area contributed by atoms with Crippen LogP contribution in [0.1, 0.15) is 16.2 Å². The number of nitrogens with zero attached hydrogens (tertiary/aromatic N) is 2. The molecule has 0 bridgehead atoms. The van der Waals surface area contributed by atoms with E-state index < -0.39 is 5.97 Å². The van der Waals surface area contributed by atoms with Gasteiger partial charge in [0.15, 0.2) is 0 Å². The lowest BCUT2D eigenvalue weighted by Crippen LogP contribution is -2.05. The molecular weight excluding hydrogens is 180 g/mol. The third kappa shape index (κ3) is 1.08. The highest BCUT2D eigenvalue weighted by atomic mass is 16.4. The summed E-state index contributed by atoms with van der Waals surface area (Å²) < 4.78 is 1.60. The molecule has 4 nitrogen and oxygen atoms in total. The van der Waals surface area contributed by atoms with Crippen LogP contribution in [0, 0.1) is 6.92 Å². The van der Waals surface area contributed by atoms with Gasteiger partial charge in [0, 0.05) is 7.05 Å². The maximum Gasteiger partial charge on any atom is 0.372 e. The van der Waals surface area contributed by atoms with Crippen LogP contribution in [0.25, 0.3) is 11.0 Å². The van der Waals surface area contributed by atoms with Crippen molar-refractivity contribution in [1.29, 1.82) is 0 Å². The largest absolute Gasteiger partial charge is 0.475 e. The first-order valence-electron chi connectivity index (χ1n) is 4.26. The van der Waals surface area contributed by atoms with Crippen LogP contribution in [0.2, 0.25) is 0 Å². The molecule has 4 heteroatoms. The number of aromatic carboxylic acids is 1. The molecule has 0 aliphatic carbocycles. The number of rotatable bonds is 1. The van der Waals surface area contributed by atoms with Gasteiger partial charge >= 0.3 is 5.97 Å².